The van der Waals surface area contributed by atoms with Gasteiger partial charge in [-0.2, -0.15) is 0 Å². The highest BCUT2D eigenvalue weighted by Gasteiger charge is 2.32. The van der Waals surface area contributed by atoms with Crippen LogP contribution in [0.15, 0.2) is 65.6 Å². The molecule has 0 saturated carbocycles. The van der Waals surface area contributed by atoms with Crippen LogP contribution in [0.4, 0.5) is 5.69 Å². The fourth-order valence-corrected chi connectivity index (χ4v) is 6.40. The van der Waals surface area contributed by atoms with Crippen molar-refractivity contribution in [3.8, 4) is 0 Å². The summed E-state index contributed by atoms with van der Waals surface area (Å²) in [5, 5.41) is 4.13. The van der Waals surface area contributed by atoms with E-state index in [2.05, 4.69) is 10.0 Å². The second kappa shape index (κ2) is 10.8. The van der Waals surface area contributed by atoms with Gasteiger partial charge in [-0.1, -0.05) is 56.3 Å². The number of fused-ring (bicyclic) bond motifs is 1. The normalized spacial score (nSPS) is 18.2. The number of benzene rings is 3. The summed E-state index contributed by atoms with van der Waals surface area (Å²) in [7, 11) is -3.84. The number of anilines is 1. The van der Waals surface area contributed by atoms with Gasteiger partial charge in [-0.25, -0.2) is 13.1 Å². The summed E-state index contributed by atoms with van der Waals surface area (Å²) in [4.78, 5) is 27.2. The molecular formula is C28H33N3O4S. The Hall–Kier alpha value is -3.23. The zero-order chi connectivity index (χ0) is 25.9. The third kappa shape index (κ3) is 5.44. The standard InChI is InChI=1S/C28H33N3O4S/c1-4-9-27(32)31-17-16-24(20(3)18-31)30-36(34,35)26-15-14-25(22-12-7-8-13-23(22)26)29-28(33)21-11-6-5-10-19(21)2/h5-8,10-15,20,24,30H,4,9,16-18H2,1-3H3,(H,29,33)/t20?,24-/m0/s1. The van der Waals surface area contributed by atoms with Crippen molar-refractivity contribution in [3.05, 3.63) is 71.8 Å². The van der Waals surface area contributed by atoms with Gasteiger partial charge < -0.3 is 10.2 Å². The summed E-state index contributed by atoms with van der Waals surface area (Å²) in [6, 6.07) is 17.4. The Morgan fingerprint density at radius 2 is 1.69 bits per heavy atom. The second-order valence-electron chi connectivity index (χ2n) is 9.51. The van der Waals surface area contributed by atoms with Crippen molar-refractivity contribution in [3.63, 3.8) is 0 Å². The number of hydrogen-bond donors (Lipinski definition) is 2. The Morgan fingerprint density at radius 3 is 2.39 bits per heavy atom. The molecule has 0 bridgehead atoms. The quantitative estimate of drug-likeness (QED) is 0.484. The molecule has 2 atom stereocenters. The van der Waals surface area contributed by atoms with E-state index in [0.717, 1.165) is 12.0 Å². The Labute approximate surface area is 212 Å². The molecule has 1 saturated heterocycles. The monoisotopic (exact) mass is 507 g/mol. The fraction of sp³-hybridized carbons (Fsp3) is 0.357. The number of nitrogens with zero attached hydrogens (tertiary/aromatic N) is 1. The van der Waals surface area contributed by atoms with E-state index in [4.69, 9.17) is 0 Å². The van der Waals surface area contributed by atoms with Gasteiger partial charge in [0.1, 0.15) is 0 Å². The van der Waals surface area contributed by atoms with Gasteiger partial charge in [0.2, 0.25) is 15.9 Å². The molecule has 0 radical (unpaired) electrons. The highest BCUT2D eigenvalue weighted by molar-refractivity contribution is 7.89. The molecule has 190 valence electrons. The lowest BCUT2D eigenvalue weighted by molar-refractivity contribution is -0.133. The van der Waals surface area contributed by atoms with Crippen LogP contribution in [0, 0.1) is 12.8 Å². The summed E-state index contributed by atoms with van der Waals surface area (Å²) < 4.78 is 29.9. The molecule has 4 rings (SSSR count). The minimum atomic E-state index is -3.84. The van der Waals surface area contributed by atoms with Gasteiger partial charge >= 0.3 is 0 Å². The van der Waals surface area contributed by atoms with E-state index in [1.54, 1.807) is 30.3 Å². The van der Waals surface area contributed by atoms with E-state index in [9.17, 15) is 18.0 Å². The molecule has 36 heavy (non-hydrogen) atoms. The molecule has 1 aliphatic heterocycles. The molecule has 2 N–H and O–H groups in total. The van der Waals surface area contributed by atoms with Crippen LogP contribution < -0.4 is 10.0 Å². The summed E-state index contributed by atoms with van der Waals surface area (Å²) in [6.07, 6.45) is 1.88. The molecule has 1 fully saturated rings. The van der Waals surface area contributed by atoms with Gasteiger partial charge in [0.05, 0.1) is 4.90 Å². The summed E-state index contributed by atoms with van der Waals surface area (Å²) in [6.45, 7) is 6.91. The maximum absolute atomic E-state index is 13.5. The predicted octanol–water partition coefficient (Wildman–Crippen LogP) is 4.72. The zero-order valence-electron chi connectivity index (χ0n) is 21.0. The maximum atomic E-state index is 13.5. The Kier molecular flexibility index (Phi) is 7.76. The zero-order valence-corrected chi connectivity index (χ0v) is 21.8. The molecular weight excluding hydrogens is 474 g/mol. The topological polar surface area (TPSA) is 95.6 Å². The van der Waals surface area contributed by atoms with E-state index >= 15 is 0 Å². The van der Waals surface area contributed by atoms with Gasteiger partial charge in [-0.15, -0.1) is 0 Å². The molecule has 0 aliphatic carbocycles. The van der Waals surface area contributed by atoms with Crippen molar-refractivity contribution < 1.29 is 18.0 Å². The number of likely N-dealkylation sites (tertiary alicyclic amines) is 1. The number of carbonyl (C=O) groups excluding carboxylic acids is 2. The molecule has 1 unspecified atom stereocenters. The number of piperidine rings is 1. The van der Waals surface area contributed by atoms with Crippen LogP contribution in [0.2, 0.25) is 0 Å². The average molecular weight is 508 g/mol. The third-order valence-corrected chi connectivity index (χ3v) is 8.39. The Balaban J connectivity index is 1.57. The van der Waals surface area contributed by atoms with Crippen LogP contribution in [0.5, 0.6) is 0 Å². The van der Waals surface area contributed by atoms with Crippen molar-refractivity contribution in [2.24, 2.45) is 5.92 Å². The number of carbonyl (C=O) groups is 2. The van der Waals surface area contributed by atoms with Gasteiger partial charge in [0, 0.05) is 47.6 Å². The van der Waals surface area contributed by atoms with Gasteiger partial charge in [-0.3, -0.25) is 9.59 Å². The summed E-state index contributed by atoms with van der Waals surface area (Å²) in [5.74, 6) is -0.126. The van der Waals surface area contributed by atoms with E-state index in [1.165, 1.54) is 0 Å². The molecule has 1 heterocycles. The van der Waals surface area contributed by atoms with Crippen molar-refractivity contribution in [2.75, 3.05) is 18.4 Å². The molecule has 8 heteroatoms. The van der Waals surface area contributed by atoms with Crippen LogP contribution in [0.1, 0.15) is 49.0 Å². The lowest BCUT2D eigenvalue weighted by Crippen LogP contribution is -2.51. The lowest BCUT2D eigenvalue weighted by atomic mass is 9.94. The van der Waals surface area contributed by atoms with E-state index in [-0.39, 0.29) is 28.7 Å². The molecule has 7 nitrogen and oxygen atoms in total. The number of nitrogens with one attached hydrogen (secondary N) is 2. The van der Waals surface area contributed by atoms with Crippen molar-refractivity contribution in [1.29, 1.82) is 0 Å². The highest BCUT2D eigenvalue weighted by atomic mass is 32.2. The fourth-order valence-electron chi connectivity index (χ4n) is 4.81. The first-order chi connectivity index (χ1) is 17.2. The van der Waals surface area contributed by atoms with Gasteiger partial charge in [-0.05, 0) is 49.4 Å². The minimum absolute atomic E-state index is 0.00623. The van der Waals surface area contributed by atoms with Crippen molar-refractivity contribution in [1.82, 2.24) is 9.62 Å². The van der Waals surface area contributed by atoms with Crippen molar-refractivity contribution >= 4 is 38.3 Å². The average Bonchev–Trinajstić information content (AvgIpc) is 2.85. The lowest BCUT2D eigenvalue weighted by Gasteiger charge is -2.37. The number of sulfonamides is 1. The van der Waals surface area contributed by atoms with Crippen LogP contribution in [-0.4, -0.2) is 44.3 Å². The van der Waals surface area contributed by atoms with Gasteiger partial charge in [0.15, 0.2) is 0 Å². The predicted molar refractivity (Wildman–Crippen MR) is 142 cm³/mol. The molecule has 1 aliphatic rings. The number of rotatable bonds is 7. The van der Waals surface area contributed by atoms with E-state index < -0.39 is 10.0 Å². The number of amides is 2. The number of aryl methyl sites for hydroxylation is 1. The molecule has 2 amide bonds. The first-order valence-corrected chi connectivity index (χ1v) is 13.9. The minimum Gasteiger partial charge on any atom is -0.342 e. The first kappa shape index (κ1) is 25.9. The van der Waals surface area contributed by atoms with Crippen molar-refractivity contribution in [2.45, 2.75) is 51.0 Å². The van der Waals surface area contributed by atoms with Gasteiger partial charge in [0.25, 0.3) is 5.91 Å². The van der Waals surface area contributed by atoms with Crippen LogP contribution >= 0.6 is 0 Å². The molecule has 0 spiro atoms. The molecule has 3 aromatic carbocycles. The molecule has 0 aromatic heterocycles. The van der Waals surface area contributed by atoms with E-state index in [0.29, 0.717) is 48.0 Å². The third-order valence-electron chi connectivity index (χ3n) is 6.84. The smallest absolute Gasteiger partial charge is 0.255 e. The Morgan fingerprint density at radius 1 is 1.00 bits per heavy atom. The van der Waals surface area contributed by atoms with Crippen LogP contribution in [0.3, 0.4) is 0 Å². The second-order valence-corrected chi connectivity index (χ2v) is 11.2. The highest BCUT2D eigenvalue weighted by Crippen LogP contribution is 2.31. The van der Waals surface area contributed by atoms with Crippen LogP contribution in [0.25, 0.3) is 10.8 Å². The SMILES string of the molecule is CCCC(=O)N1CC[C@H](NS(=O)(=O)c2ccc(NC(=O)c3ccccc3C)c3ccccc23)C(C)C1. The van der Waals surface area contributed by atoms with E-state index in [1.807, 2.05) is 56.0 Å². The number of hydrogen-bond acceptors (Lipinski definition) is 4. The molecule has 3 aromatic rings. The Bertz CT molecular complexity index is 1390. The first-order valence-electron chi connectivity index (χ1n) is 12.4. The summed E-state index contributed by atoms with van der Waals surface area (Å²) >= 11 is 0. The maximum Gasteiger partial charge on any atom is 0.255 e. The summed E-state index contributed by atoms with van der Waals surface area (Å²) in [5.41, 5.74) is 1.98. The largest absolute Gasteiger partial charge is 0.342 e. The van der Waals surface area contributed by atoms with Crippen LogP contribution in [-0.2, 0) is 14.8 Å².